The molecule has 1 aromatic heterocycles. The number of benzene rings is 10. The number of hydrogen-bond donors (Lipinski definition) is 0. The maximum atomic E-state index is 7.17. The lowest BCUT2D eigenvalue weighted by molar-refractivity contribution is 0.620. The number of oxazole rings is 1. The Morgan fingerprint density at radius 3 is 0.867 bits per heavy atom. The summed E-state index contributed by atoms with van der Waals surface area (Å²) in [6.45, 7) is 0. The number of para-hydroxylation sites is 18. The van der Waals surface area contributed by atoms with Crippen molar-refractivity contribution in [1.82, 2.24) is 4.98 Å². The Labute approximate surface area is 435 Å². The largest absolute Gasteiger partial charge is 0.436 e. The molecule has 10 heteroatoms. The second kappa shape index (κ2) is 16.3. The van der Waals surface area contributed by atoms with Crippen LogP contribution >= 0.6 is 0 Å². The lowest BCUT2D eigenvalue weighted by atomic mass is 9.95. The van der Waals surface area contributed by atoms with E-state index in [2.05, 4.69) is 268 Å². The predicted molar refractivity (Wildman–Crippen MR) is 310 cm³/mol. The lowest BCUT2D eigenvalue weighted by Crippen LogP contribution is -2.32. The van der Waals surface area contributed by atoms with E-state index in [-0.39, 0.29) is 0 Å². The van der Waals surface area contributed by atoms with Crippen molar-refractivity contribution < 1.29 is 4.42 Å². The molecule has 10 nitrogen and oxygen atoms in total. The summed E-state index contributed by atoms with van der Waals surface area (Å²) in [7, 11) is 8.69. The van der Waals surface area contributed by atoms with E-state index >= 15 is 0 Å². The van der Waals surface area contributed by atoms with Gasteiger partial charge in [0.2, 0.25) is 5.89 Å². The molecule has 0 amide bonds. The molecule has 0 N–H and O–H groups in total. The zero-order valence-corrected chi connectivity index (χ0v) is 41.8. The topological polar surface area (TPSA) is 52.0 Å². The first-order chi connectivity index (χ1) is 36.9. The summed E-state index contributed by atoms with van der Waals surface area (Å²) in [4.78, 5) is 24.7. The van der Waals surface area contributed by atoms with Crippen molar-refractivity contribution >= 4 is 125 Å². The molecule has 0 aliphatic carbocycles. The quantitative estimate of drug-likeness (QED) is 0.167. The van der Waals surface area contributed by atoms with E-state index in [1.165, 1.54) is 0 Å². The first kappa shape index (κ1) is 42.7. The molecule has 11 aromatic rings. The van der Waals surface area contributed by atoms with E-state index in [1.807, 2.05) is 24.3 Å². The summed E-state index contributed by atoms with van der Waals surface area (Å²) in [5, 5.41) is 0. The fourth-order valence-corrected chi connectivity index (χ4v) is 12.1. The number of aromatic nitrogens is 1. The molecular weight excluding hydrogens is 923 g/mol. The molecule has 0 saturated carbocycles. The Kier molecular flexibility index (Phi) is 9.28. The van der Waals surface area contributed by atoms with E-state index in [0.717, 1.165) is 125 Å². The minimum absolute atomic E-state index is 0.500. The van der Waals surface area contributed by atoms with Crippen LogP contribution in [0.1, 0.15) is 0 Å². The number of nitrogens with zero attached hydrogens (tertiary/aromatic N) is 9. The highest BCUT2D eigenvalue weighted by Crippen LogP contribution is 2.68. The number of anilines is 20. The molecule has 75 heavy (non-hydrogen) atoms. The molecule has 15 rings (SSSR count). The van der Waals surface area contributed by atoms with Crippen LogP contribution in [0.3, 0.4) is 0 Å². The molecule has 4 aliphatic heterocycles. The van der Waals surface area contributed by atoms with Gasteiger partial charge < -0.3 is 43.6 Å². The van der Waals surface area contributed by atoms with Gasteiger partial charge in [-0.2, -0.15) is 0 Å². The lowest BCUT2D eigenvalue weighted by Gasteiger charge is -2.48. The molecule has 0 spiro atoms. The highest BCUT2D eigenvalue weighted by atomic mass is 16.3. The summed E-state index contributed by atoms with van der Waals surface area (Å²) in [5.74, 6) is 0.500. The number of fused-ring (bicyclic) bond motifs is 9. The van der Waals surface area contributed by atoms with Gasteiger partial charge in [-0.1, -0.05) is 109 Å². The average Bonchev–Trinajstić information content (AvgIpc) is 3.94. The van der Waals surface area contributed by atoms with Crippen LogP contribution < -0.4 is 39.2 Å². The second-order valence-corrected chi connectivity index (χ2v) is 19.5. The van der Waals surface area contributed by atoms with E-state index in [9.17, 15) is 0 Å². The Morgan fingerprint density at radius 1 is 0.267 bits per heavy atom. The van der Waals surface area contributed by atoms with Crippen molar-refractivity contribution in [1.29, 1.82) is 0 Å². The van der Waals surface area contributed by atoms with Gasteiger partial charge in [0.15, 0.2) is 5.58 Å². The smallest absolute Gasteiger partial charge is 0.229 e. The van der Waals surface area contributed by atoms with Crippen LogP contribution in [-0.2, 0) is 0 Å². The van der Waals surface area contributed by atoms with E-state index in [4.69, 9.17) is 9.40 Å². The molecule has 0 saturated heterocycles. The van der Waals surface area contributed by atoms with Crippen molar-refractivity contribution in [2.24, 2.45) is 0 Å². The van der Waals surface area contributed by atoms with E-state index in [1.54, 1.807) is 0 Å². The zero-order chi connectivity index (χ0) is 50.1. The third kappa shape index (κ3) is 6.11. The first-order valence-electron chi connectivity index (χ1n) is 25.4. The maximum absolute atomic E-state index is 7.17. The van der Waals surface area contributed by atoms with Crippen LogP contribution in [0.4, 0.5) is 114 Å². The van der Waals surface area contributed by atoms with Crippen molar-refractivity contribution in [2.45, 2.75) is 0 Å². The van der Waals surface area contributed by atoms with Crippen LogP contribution in [0.5, 0.6) is 0 Å². The van der Waals surface area contributed by atoms with Crippen LogP contribution in [0.25, 0.3) is 22.6 Å². The molecule has 0 fully saturated rings. The molecular formula is C65H49N9O. The molecule has 0 atom stereocenters. The maximum Gasteiger partial charge on any atom is 0.229 e. The molecule has 10 aromatic carbocycles. The minimum atomic E-state index is 0.500. The molecule has 0 unspecified atom stereocenters. The molecule has 4 aliphatic rings. The Hall–Kier alpha value is -9.93. The standard InChI is InChI=1S/C65H49N9O/c1-67-44-24-6-14-32-52(44)71(53-33-15-7-25-45(53)67)60-41-42(65-66-43-23-5-22-40-61(43)75-65)62(72-54-34-16-8-26-46(54)68(2)47-27-9-17-35-55(47)72)64(74-58-38-20-12-30-50(58)70(4)51-31-13-21-39-59(51)74)63(60)73-56-36-18-10-28-48(56)69(3)49-29-11-19-37-57(49)73/h5-41H,1-4H3. The van der Waals surface area contributed by atoms with Gasteiger partial charge in [-0.05, 0) is 115 Å². The van der Waals surface area contributed by atoms with Gasteiger partial charge in [-0.3, -0.25) is 0 Å². The molecule has 0 radical (unpaired) electrons. The normalized spacial score (nSPS) is 13.9. The Morgan fingerprint density at radius 2 is 0.533 bits per heavy atom. The van der Waals surface area contributed by atoms with Gasteiger partial charge in [0.1, 0.15) is 5.52 Å². The van der Waals surface area contributed by atoms with Crippen LogP contribution in [-0.4, -0.2) is 33.2 Å². The van der Waals surface area contributed by atoms with E-state index in [0.29, 0.717) is 11.5 Å². The van der Waals surface area contributed by atoms with Gasteiger partial charge in [-0.25, -0.2) is 4.98 Å². The summed E-state index contributed by atoms with van der Waals surface area (Å²) >= 11 is 0. The van der Waals surface area contributed by atoms with E-state index < -0.39 is 0 Å². The fraction of sp³-hybridized carbons (Fsp3) is 0.0615. The predicted octanol–water partition coefficient (Wildman–Crippen LogP) is 17.7. The van der Waals surface area contributed by atoms with Gasteiger partial charge in [0.25, 0.3) is 0 Å². The number of rotatable bonds is 5. The van der Waals surface area contributed by atoms with Crippen molar-refractivity contribution in [3.05, 3.63) is 224 Å². The van der Waals surface area contributed by atoms with Gasteiger partial charge >= 0.3 is 0 Å². The Bertz CT molecular complexity index is 3900. The Balaban J connectivity index is 1.22. The summed E-state index contributed by atoms with van der Waals surface area (Å²) in [6.07, 6.45) is 0. The molecule has 360 valence electrons. The van der Waals surface area contributed by atoms with Crippen molar-refractivity contribution in [2.75, 3.05) is 67.4 Å². The zero-order valence-electron chi connectivity index (χ0n) is 41.8. The van der Waals surface area contributed by atoms with Crippen LogP contribution in [0, 0.1) is 0 Å². The summed E-state index contributed by atoms with van der Waals surface area (Å²) in [5.41, 5.74) is 22.8. The molecule has 5 heterocycles. The third-order valence-electron chi connectivity index (χ3n) is 15.5. The van der Waals surface area contributed by atoms with Gasteiger partial charge in [0, 0.05) is 28.2 Å². The highest BCUT2D eigenvalue weighted by Gasteiger charge is 2.44. The average molecular weight is 972 g/mol. The fourth-order valence-electron chi connectivity index (χ4n) is 12.1. The van der Waals surface area contributed by atoms with Crippen molar-refractivity contribution in [3.8, 4) is 11.5 Å². The van der Waals surface area contributed by atoms with Gasteiger partial charge in [-0.15, -0.1) is 0 Å². The summed E-state index contributed by atoms with van der Waals surface area (Å²) in [6, 6.07) is 80.6. The molecule has 0 bridgehead atoms. The highest BCUT2D eigenvalue weighted by molar-refractivity contribution is 6.18. The van der Waals surface area contributed by atoms with Crippen molar-refractivity contribution in [3.63, 3.8) is 0 Å². The third-order valence-corrected chi connectivity index (χ3v) is 15.5. The first-order valence-corrected chi connectivity index (χ1v) is 25.4. The number of hydrogen-bond acceptors (Lipinski definition) is 10. The van der Waals surface area contributed by atoms with Gasteiger partial charge in [0.05, 0.1) is 119 Å². The summed E-state index contributed by atoms with van der Waals surface area (Å²) < 4.78 is 7.17. The minimum Gasteiger partial charge on any atom is -0.436 e. The van der Waals surface area contributed by atoms with Crippen LogP contribution in [0.2, 0.25) is 0 Å². The SMILES string of the molecule is CN1c2ccccc2N(c2cc(-c3nc4ccccc4o3)c(N3c4ccccc4N(C)c4ccccc43)c(N3c4ccccc4N(C)c4ccccc43)c2N2c3ccccc3N(C)c3ccccc32)c2ccccc21. The monoisotopic (exact) mass is 971 g/mol. The second-order valence-electron chi connectivity index (χ2n) is 19.5. The van der Waals surface area contributed by atoms with Crippen LogP contribution in [0.15, 0.2) is 229 Å².